The normalized spacial score (nSPS) is 11.7. The number of esters is 1. The molecule has 30 heavy (non-hydrogen) atoms. The second-order valence-electron chi connectivity index (χ2n) is 6.80. The van der Waals surface area contributed by atoms with Crippen molar-refractivity contribution >= 4 is 28.2 Å². The Balaban J connectivity index is 1.96. The lowest BCUT2D eigenvalue weighted by Gasteiger charge is -2.17. The Hall–Kier alpha value is -3.26. The molecule has 1 unspecified atom stereocenters. The molecule has 0 spiro atoms. The zero-order valence-electron chi connectivity index (χ0n) is 17.3. The summed E-state index contributed by atoms with van der Waals surface area (Å²) in [5.74, 6) is -0.927. The molecule has 8 heteroatoms. The lowest BCUT2D eigenvalue weighted by atomic mass is 10.0. The number of hydrogen-bond donors (Lipinski definition) is 1. The topological polar surface area (TPSA) is 90.3 Å². The molecule has 0 aliphatic rings. The largest absolute Gasteiger partial charge is 0.462 e. The van der Waals surface area contributed by atoms with E-state index in [9.17, 15) is 14.4 Å². The first kappa shape index (κ1) is 21.4. The molecule has 1 atom stereocenters. The third-order valence-corrected chi connectivity index (χ3v) is 5.53. The lowest BCUT2D eigenvalue weighted by molar-refractivity contribution is -0.118. The van der Waals surface area contributed by atoms with Gasteiger partial charge in [0.05, 0.1) is 6.61 Å². The van der Waals surface area contributed by atoms with Gasteiger partial charge < -0.3 is 10.1 Å². The van der Waals surface area contributed by atoms with Gasteiger partial charge >= 0.3 is 11.7 Å². The van der Waals surface area contributed by atoms with Crippen LogP contribution in [0.15, 0.2) is 46.6 Å². The number of aromatic nitrogens is 2. The van der Waals surface area contributed by atoms with Crippen molar-refractivity contribution in [2.45, 2.75) is 33.7 Å². The monoisotopic (exact) mass is 425 g/mol. The van der Waals surface area contributed by atoms with E-state index in [-0.39, 0.29) is 6.61 Å². The van der Waals surface area contributed by atoms with E-state index in [1.807, 2.05) is 35.7 Å². The summed E-state index contributed by atoms with van der Waals surface area (Å²) in [6, 6.07) is 10.4. The molecule has 7 nitrogen and oxygen atoms in total. The van der Waals surface area contributed by atoms with Crippen LogP contribution in [0.1, 0.15) is 41.6 Å². The van der Waals surface area contributed by atoms with Crippen LogP contribution in [0.5, 0.6) is 0 Å². The molecule has 156 valence electrons. The van der Waals surface area contributed by atoms with Gasteiger partial charge in [0.25, 0.3) is 0 Å². The molecule has 0 saturated heterocycles. The van der Waals surface area contributed by atoms with E-state index in [4.69, 9.17) is 4.74 Å². The minimum Gasteiger partial charge on any atom is -0.462 e. The maximum absolute atomic E-state index is 12.9. The molecule has 0 fully saturated rings. The van der Waals surface area contributed by atoms with Crippen molar-refractivity contribution in [1.82, 2.24) is 9.55 Å². The molecule has 0 aliphatic carbocycles. The Morgan fingerprint density at radius 3 is 2.57 bits per heavy atom. The Labute approximate surface area is 178 Å². The standard InChI is InChI=1S/C22H23N3O4S/c1-5-29-21(27)18-17(16-9-7-6-8-10-16)12-30-20(18)24-19(26)15(4)25-14(3)11-13(2)23-22(25)28/h6-12,15H,5H2,1-4H3,(H,24,26). The van der Waals surface area contributed by atoms with Crippen LogP contribution >= 0.6 is 11.3 Å². The number of benzene rings is 1. The number of ether oxygens (including phenoxy) is 1. The van der Waals surface area contributed by atoms with Crippen LogP contribution in [0.2, 0.25) is 0 Å². The molecule has 3 rings (SSSR count). The number of hydrogen-bond acceptors (Lipinski definition) is 6. The maximum Gasteiger partial charge on any atom is 0.348 e. The van der Waals surface area contributed by atoms with Gasteiger partial charge in [-0.05, 0) is 39.3 Å². The molecule has 1 amide bonds. The van der Waals surface area contributed by atoms with E-state index >= 15 is 0 Å². The van der Waals surface area contributed by atoms with Crippen molar-refractivity contribution in [1.29, 1.82) is 0 Å². The highest BCUT2D eigenvalue weighted by molar-refractivity contribution is 7.15. The fourth-order valence-corrected chi connectivity index (χ4v) is 4.21. The van der Waals surface area contributed by atoms with E-state index in [0.29, 0.717) is 27.5 Å². The summed E-state index contributed by atoms with van der Waals surface area (Å²) in [7, 11) is 0. The number of nitrogens with one attached hydrogen (secondary N) is 1. The predicted molar refractivity (Wildman–Crippen MR) is 117 cm³/mol. The highest BCUT2D eigenvalue weighted by atomic mass is 32.1. The summed E-state index contributed by atoms with van der Waals surface area (Å²) in [5, 5.41) is 4.99. The summed E-state index contributed by atoms with van der Waals surface area (Å²) < 4.78 is 6.55. The van der Waals surface area contributed by atoms with Crippen LogP contribution < -0.4 is 11.0 Å². The molecule has 0 bridgehead atoms. The third-order valence-electron chi connectivity index (χ3n) is 4.63. The van der Waals surface area contributed by atoms with Gasteiger partial charge in [-0.15, -0.1) is 11.3 Å². The fourth-order valence-electron chi connectivity index (χ4n) is 3.25. The summed E-state index contributed by atoms with van der Waals surface area (Å²) >= 11 is 1.24. The Morgan fingerprint density at radius 2 is 1.93 bits per heavy atom. The van der Waals surface area contributed by atoms with Crippen molar-refractivity contribution in [2.24, 2.45) is 0 Å². The maximum atomic E-state index is 12.9. The highest BCUT2D eigenvalue weighted by Crippen LogP contribution is 2.36. The summed E-state index contributed by atoms with van der Waals surface area (Å²) in [6.07, 6.45) is 0. The minimum absolute atomic E-state index is 0.219. The SMILES string of the molecule is CCOC(=O)c1c(-c2ccccc2)csc1NC(=O)C(C)n1c(C)cc(C)nc1=O. The van der Waals surface area contributed by atoms with Gasteiger partial charge in [-0.3, -0.25) is 9.36 Å². The Morgan fingerprint density at radius 1 is 1.23 bits per heavy atom. The van der Waals surface area contributed by atoms with Gasteiger partial charge in [-0.1, -0.05) is 30.3 Å². The van der Waals surface area contributed by atoms with Crippen molar-refractivity contribution in [2.75, 3.05) is 11.9 Å². The number of amides is 1. The van der Waals surface area contributed by atoms with Crippen molar-refractivity contribution in [3.63, 3.8) is 0 Å². The average Bonchev–Trinajstić information content (AvgIpc) is 3.11. The molecular formula is C22H23N3O4S. The van der Waals surface area contributed by atoms with Crippen LogP contribution in [0.3, 0.4) is 0 Å². The Kier molecular flexibility index (Phi) is 6.47. The van der Waals surface area contributed by atoms with E-state index in [1.165, 1.54) is 15.9 Å². The molecule has 3 aromatic rings. The van der Waals surface area contributed by atoms with Crippen molar-refractivity contribution < 1.29 is 14.3 Å². The average molecular weight is 426 g/mol. The molecule has 2 aromatic heterocycles. The van der Waals surface area contributed by atoms with Gasteiger partial charge in [0.1, 0.15) is 16.6 Å². The smallest absolute Gasteiger partial charge is 0.348 e. The third kappa shape index (κ3) is 4.33. The van der Waals surface area contributed by atoms with Gasteiger partial charge in [0.2, 0.25) is 5.91 Å². The molecule has 0 aliphatic heterocycles. The van der Waals surface area contributed by atoms with E-state index in [2.05, 4.69) is 10.3 Å². The van der Waals surface area contributed by atoms with Crippen LogP contribution in [-0.4, -0.2) is 28.0 Å². The van der Waals surface area contributed by atoms with E-state index in [1.54, 1.807) is 33.8 Å². The van der Waals surface area contributed by atoms with Crippen LogP contribution in [0.25, 0.3) is 11.1 Å². The van der Waals surface area contributed by atoms with Crippen LogP contribution in [0, 0.1) is 13.8 Å². The number of aryl methyl sites for hydroxylation is 2. The van der Waals surface area contributed by atoms with Gasteiger partial charge in [0, 0.05) is 22.3 Å². The minimum atomic E-state index is -0.803. The molecule has 1 N–H and O–H groups in total. The van der Waals surface area contributed by atoms with E-state index in [0.717, 1.165) is 5.56 Å². The first-order valence-corrected chi connectivity index (χ1v) is 10.4. The quantitative estimate of drug-likeness (QED) is 0.604. The van der Waals surface area contributed by atoms with Gasteiger partial charge in [-0.2, -0.15) is 4.98 Å². The van der Waals surface area contributed by atoms with E-state index < -0.39 is 23.6 Å². The number of carbonyl (C=O) groups is 2. The zero-order chi connectivity index (χ0) is 21.8. The van der Waals surface area contributed by atoms with Crippen molar-refractivity contribution in [3.8, 4) is 11.1 Å². The first-order valence-electron chi connectivity index (χ1n) is 9.55. The molecule has 1 aromatic carbocycles. The number of carbonyl (C=O) groups excluding carboxylic acids is 2. The fraction of sp³-hybridized carbons (Fsp3) is 0.273. The number of rotatable bonds is 6. The number of anilines is 1. The van der Waals surface area contributed by atoms with Gasteiger partial charge in [0.15, 0.2) is 0 Å². The second kappa shape index (κ2) is 9.04. The summed E-state index contributed by atoms with van der Waals surface area (Å²) in [6.45, 7) is 7.05. The highest BCUT2D eigenvalue weighted by Gasteiger charge is 2.25. The number of nitrogens with zero attached hydrogens (tertiary/aromatic N) is 2. The zero-order valence-corrected chi connectivity index (χ0v) is 18.1. The summed E-state index contributed by atoms with van der Waals surface area (Å²) in [5.41, 5.74) is 2.58. The predicted octanol–water partition coefficient (Wildman–Crippen LogP) is 3.97. The molecule has 0 radical (unpaired) electrons. The van der Waals surface area contributed by atoms with Crippen LogP contribution in [-0.2, 0) is 9.53 Å². The number of thiophene rings is 1. The van der Waals surface area contributed by atoms with Gasteiger partial charge in [-0.25, -0.2) is 9.59 Å². The molecule has 2 heterocycles. The first-order chi connectivity index (χ1) is 14.3. The summed E-state index contributed by atoms with van der Waals surface area (Å²) in [4.78, 5) is 41.8. The molecule has 0 saturated carbocycles. The second-order valence-corrected chi connectivity index (χ2v) is 7.68. The molecular weight excluding hydrogens is 402 g/mol. The lowest BCUT2D eigenvalue weighted by Crippen LogP contribution is -2.34. The van der Waals surface area contributed by atoms with Crippen molar-refractivity contribution in [3.05, 3.63) is 69.2 Å². The van der Waals surface area contributed by atoms with Crippen LogP contribution in [0.4, 0.5) is 5.00 Å². The Bertz CT molecular complexity index is 1140.